The summed E-state index contributed by atoms with van der Waals surface area (Å²) in [6, 6.07) is 30.7. The van der Waals surface area contributed by atoms with Crippen LogP contribution in [0.15, 0.2) is 91.1 Å². The van der Waals surface area contributed by atoms with E-state index >= 15 is 0 Å². The first kappa shape index (κ1) is 12.6. The van der Waals surface area contributed by atoms with Gasteiger partial charge in [-0.15, -0.1) is 0 Å². The normalized spacial score (nSPS) is 13.0. The molecule has 0 aliphatic heterocycles. The van der Waals surface area contributed by atoms with Crippen molar-refractivity contribution >= 4 is 10.9 Å². The summed E-state index contributed by atoms with van der Waals surface area (Å²) in [4.78, 5) is 0. The number of hydrogen-bond acceptors (Lipinski definition) is 0. The van der Waals surface area contributed by atoms with Gasteiger partial charge in [0, 0.05) is 28.6 Å². The minimum Gasteiger partial charge on any atom is -0.187 e. The van der Waals surface area contributed by atoms with Crippen molar-refractivity contribution in [3.63, 3.8) is 0 Å². The molecule has 1 heterocycles. The van der Waals surface area contributed by atoms with Crippen LogP contribution in [0.5, 0.6) is 0 Å². The molecule has 1 heteroatoms. The molecule has 23 heavy (non-hydrogen) atoms. The molecular weight excluding hydrogens is 278 g/mol. The van der Waals surface area contributed by atoms with E-state index in [4.69, 9.17) is 0 Å². The smallest absolute Gasteiger partial charge is 0.187 e. The average molecular weight is 294 g/mol. The van der Waals surface area contributed by atoms with Crippen molar-refractivity contribution in [1.82, 2.24) is 0 Å². The molecule has 0 unspecified atom stereocenters. The van der Waals surface area contributed by atoms with Crippen molar-refractivity contribution in [2.75, 3.05) is 0 Å². The second kappa shape index (κ2) is 4.79. The topological polar surface area (TPSA) is 3.88 Å². The molecule has 0 radical (unpaired) electrons. The van der Waals surface area contributed by atoms with Crippen molar-refractivity contribution in [2.24, 2.45) is 0 Å². The zero-order chi connectivity index (χ0) is 15.2. The number of aromatic nitrogens is 1. The fourth-order valence-corrected chi connectivity index (χ4v) is 3.84. The molecule has 0 amide bonds. The molecule has 0 N–H and O–H groups in total. The summed E-state index contributed by atoms with van der Waals surface area (Å²) in [7, 11) is 0. The lowest BCUT2D eigenvalue weighted by Crippen LogP contribution is -2.40. The Kier molecular flexibility index (Phi) is 2.62. The van der Waals surface area contributed by atoms with Gasteiger partial charge in [0.05, 0.1) is 0 Å². The SMILES string of the molecule is c1ccc2c(c1)-c1ccccc1C2[n+]1cccc2ccccc21. The van der Waals surface area contributed by atoms with Gasteiger partial charge in [0.15, 0.2) is 6.20 Å². The first-order valence-electron chi connectivity index (χ1n) is 8.00. The van der Waals surface area contributed by atoms with Crippen LogP contribution in [-0.2, 0) is 0 Å². The fourth-order valence-electron chi connectivity index (χ4n) is 3.84. The van der Waals surface area contributed by atoms with Gasteiger partial charge in [-0.2, -0.15) is 4.57 Å². The largest absolute Gasteiger partial charge is 0.213 e. The van der Waals surface area contributed by atoms with Crippen LogP contribution in [0.25, 0.3) is 22.0 Å². The number of rotatable bonds is 1. The van der Waals surface area contributed by atoms with Crippen LogP contribution < -0.4 is 4.57 Å². The molecule has 0 fully saturated rings. The van der Waals surface area contributed by atoms with Crippen LogP contribution in [0, 0.1) is 0 Å². The minimum absolute atomic E-state index is 0.244. The number of hydrogen-bond donors (Lipinski definition) is 0. The van der Waals surface area contributed by atoms with E-state index in [0.29, 0.717) is 0 Å². The monoisotopic (exact) mass is 294 g/mol. The highest BCUT2D eigenvalue weighted by atomic mass is 15.0. The molecule has 0 saturated heterocycles. The van der Waals surface area contributed by atoms with E-state index in [1.807, 2.05) is 0 Å². The van der Waals surface area contributed by atoms with Crippen molar-refractivity contribution in [2.45, 2.75) is 6.04 Å². The van der Waals surface area contributed by atoms with Crippen molar-refractivity contribution in [3.05, 3.63) is 102 Å². The van der Waals surface area contributed by atoms with Crippen LogP contribution in [0.2, 0.25) is 0 Å². The summed E-state index contributed by atoms with van der Waals surface area (Å²) >= 11 is 0. The quantitative estimate of drug-likeness (QED) is 0.393. The Balaban J connectivity index is 1.86. The van der Waals surface area contributed by atoms with Gasteiger partial charge in [-0.05, 0) is 23.3 Å². The number of benzene rings is 3. The first-order chi connectivity index (χ1) is 11.4. The van der Waals surface area contributed by atoms with Crippen LogP contribution in [0.1, 0.15) is 17.2 Å². The Morgan fingerprint density at radius 2 is 1.13 bits per heavy atom. The predicted molar refractivity (Wildman–Crippen MR) is 93.3 cm³/mol. The summed E-state index contributed by atoms with van der Waals surface area (Å²) in [5.41, 5.74) is 6.75. The molecule has 0 saturated carbocycles. The molecular formula is C22H16N+. The van der Waals surface area contributed by atoms with Crippen LogP contribution in [-0.4, -0.2) is 0 Å². The second-order valence-corrected chi connectivity index (χ2v) is 6.05. The lowest BCUT2D eigenvalue weighted by Gasteiger charge is -2.11. The van der Waals surface area contributed by atoms with Gasteiger partial charge >= 0.3 is 0 Å². The molecule has 3 aromatic carbocycles. The zero-order valence-corrected chi connectivity index (χ0v) is 12.7. The Morgan fingerprint density at radius 1 is 0.565 bits per heavy atom. The van der Waals surface area contributed by atoms with E-state index in [9.17, 15) is 0 Å². The maximum absolute atomic E-state index is 2.40. The molecule has 1 aliphatic rings. The maximum atomic E-state index is 2.40. The molecule has 1 aromatic heterocycles. The second-order valence-electron chi connectivity index (χ2n) is 6.05. The fraction of sp³-hybridized carbons (Fsp3) is 0.0455. The maximum Gasteiger partial charge on any atom is 0.213 e. The molecule has 1 aliphatic carbocycles. The molecule has 0 atom stereocenters. The van der Waals surface area contributed by atoms with Gasteiger partial charge < -0.3 is 0 Å². The third kappa shape index (κ3) is 1.77. The van der Waals surface area contributed by atoms with Crippen LogP contribution >= 0.6 is 0 Å². The van der Waals surface area contributed by atoms with Gasteiger partial charge in [-0.25, -0.2) is 0 Å². The lowest BCUT2D eigenvalue weighted by atomic mass is 10.0. The van der Waals surface area contributed by atoms with E-state index in [1.54, 1.807) is 0 Å². The number of para-hydroxylation sites is 1. The molecule has 4 aromatic rings. The van der Waals surface area contributed by atoms with Gasteiger partial charge in [-0.1, -0.05) is 60.7 Å². The Labute approximate surface area is 135 Å². The van der Waals surface area contributed by atoms with Crippen LogP contribution in [0.3, 0.4) is 0 Å². The highest BCUT2D eigenvalue weighted by molar-refractivity contribution is 5.79. The van der Waals surface area contributed by atoms with Gasteiger partial charge in [0.25, 0.3) is 0 Å². The summed E-state index contributed by atoms with van der Waals surface area (Å²) in [5.74, 6) is 0. The van der Waals surface area contributed by atoms with Crippen LogP contribution in [0.4, 0.5) is 0 Å². The summed E-state index contributed by atoms with van der Waals surface area (Å²) < 4.78 is 2.40. The van der Waals surface area contributed by atoms with Gasteiger partial charge in [0.2, 0.25) is 11.6 Å². The molecule has 108 valence electrons. The Hall–Kier alpha value is -2.93. The number of pyridine rings is 1. The van der Waals surface area contributed by atoms with Gasteiger partial charge in [-0.3, -0.25) is 0 Å². The zero-order valence-electron chi connectivity index (χ0n) is 12.7. The predicted octanol–water partition coefficient (Wildman–Crippen LogP) is 4.75. The van der Waals surface area contributed by atoms with E-state index in [2.05, 4.69) is 95.7 Å². The standard InChI is InChI=1S/C22H16N/c1-6-14-21-16(8-1)9-7-15-23(21)22-19-12-4-2-10-17(19)18-11-3-5-13-20(18)22/h1-15,22H/q+1. The van der Waals surface area contributed by atoms with Crippen molar-refractivity contribution in [1.29, 1.82) is 0 Å². The highest BCUT2D eigenvalue weighted by Gasteiger charge is 2.35. The minimum atomic E-state index is 0.244. The van der Waals surface area contributed by atoms with Crippen molar-refractivity contribution in [3.8, 4) is 11.1 Å². The first-order valence-corrected chi connectivity index (χ1v) is 8.00. The molecule has 0 spiro atoms. The lowest BCUT2D eigenvalue weighted by molar-refractivity contribution is -0.678. The molecule has 0 bridgehead atoms. The summed E-state index contributed by atoms with van der Waals surface area (Å²) in [6.45, 7) is 0. The Morgan fingerprint density at radius 3 is 1.87 bits per heavy atom. The Bertz CT molecular complexity index is 982. The third-order valence-corrected chi connectivity index (χ3v) is 4.82. The summed E-state index contributed by atoms with van der Waals surface area (Å²) in [5, 5.41) is 1.27. The highest BCUT2D eigenvalue weighted by Crippen LogP contribution is 2.43. The molecule has 1 nitrogen and oxygen atoms in total. The number of nitrogens with zero attached hydrogens (tertiary/aromatic N) is 1. The third-order valence-electron chi connectivity index (χ3n) is 4.82. The molecule has 5 rings (SSSR count). The average Bonchev–Trinajstić information content (AvgIpc) is 2.96. The van der Waals surface area contributed by atoms with Gasteiger partial charge in [0.1, 0.15) is 0 Å². The van der Waals surface area contributed by atoms with Crippen molar-refractivity contribution < 1.29 is 4.57 Å². The van der Waals surface area contributed by atoms with E-state index < -0.39 is 0 Å². The van der Waals surface area contributed by atoms with E-state index in [0.717, 1.165) is 0 Å². The summed E-state index contributed by atoms with van der Waals surface area (Å²) in [6.07, 6.45) is 2.20. The van der Waals surface area contributed by atoms with E-state index in [1.165, 1.54) is 33.2 Å². The van der Waals surface area contributed by atoms with E-state index in [-0.39, 0.29) is 6.04 Å². The number of fused-ring (bicyclic) bond motifs is 4.